The van der Waals surface area contributed by atoms with E-state index in [0.29, 0.717) is 0 Å². The summed E-state index contributed by atoms with van der Waals surface area (Å²) in [5.41, 5.74) is 4.15. The quantitative estimate of drug-likeness (QED) is 0.674. The van der Waals surface area contributed by atoms with Gasteiger partial charge in [0, 0.05) is 0 Å². The lowest BCUT2D eigenvalue weighted by atomic mass is 10.0. The summed E-state index contributed by atoms with van der Waals surface area (Å²) in [5.74, 6) is 0. The fourth-order valence-electron chi connectivity index (χ4n) is 1.73. The van der Waals surface area contributed by atoms with Gasteiger partial charge < -0.3 is 0 Å². The van der Waals surface area contributed by atoms with Gasteiger partial charge in [-0.2, -0.15) is 0 Å². The van der Waals surface area contributed by atoms with Gasteiger partial charge in [-0.05, 0) is 35.3 Å². The largest absolute Gasteiger partial charge is 0.106 e. The Hall–Kier alpha value is -1.13. The Labute approximate surface area is 93.5 Å². The summed E-state index contributed by atoms with van der Waals surface area (Å²) in [5, 5.41) is 1.25. The van der Waals surface area contributed by atoms with Crippen molar-refractivity contribution in [3.63, 3.8) is 0 Å². The van der Waals surface area contributed by atoms with E-state index in [4.69, 9.17) is 0 Å². The maximum Gasteiger partial charge on any atom is -0.00229 e. The molecular formula is C14H15P. The van der Waals surface area contributed by atoms with Crippen LogP contribution in [0.4, 0.5) is 0 Å². The second-order valence-electron chi connectivity index (χ2n) is 3.85. The minimum atomic E-state index is 1.02. The molecule has 0 radical (unpaired) electrons. The molecule has 1 unspecified atom stereocenters. The van der Waals surface area contributed by atoms with Crippen LogP contribution in [0.25, 0.3) is 0 Å². The zero-order chi connectivity index (χ0) is 10.7. The highest BCUT2D eigenvalue weighted by atomic mass is 31.0. The van der Waals surface area contributed by atoms with Crippen LogP contribution in [0, 0.1) is 6.92 Å². The minimum absolute atomic E-state index is 1.02. The van der Waals surface area contributed by atoms with E-state index in [0.717, 1.165) is 6.42 Å². The Bertz CT molecular complexity index is 460. The van der Waals surface area contributed by atoms with Gasteiger partial charge in [-0.15, -0.1) is 9.24 Å². The van der Waals surface area contributed by atoms with Crippen molar-refractivity contribution in [3.05, 3.63) is 65.2 Å². The monoisotopic (exact) mass is 214 g/mol. The van der Waals surface area contributed by atoms with Crippen molar-refractivity contribution in [2.24, 2.45) is 0 Å². The molecule has 0 bridgehead atoms. The average molecular weight is 214 g/mol. The normalized spacial score (nSPS) is 10.3. The minimum Gasteiger partial charge on any atom is -0.106 e. The Kier molecular flexibility index (Phi) is 3.18. The molecular weight excluding hydrogens is 199 g/mol. The molecule has 2 aromatic rings. The summed E-state index contributed by atoms with van der Waals surface area (Å²) in [6.45, 7) is 2.17. The van der Waals surface area contributed by atoms with Crippen molar-refractivity contribution in [3.8, 4) is 0 Å². The number of hydrogen-bond donors (Lipinski definition) is 0. The first-order chi connectivity index (χ1) is 7.25. The van der Waals surface area contributed by atoms with Crippen LogP contribution in [0.5, 0.6) is 0 Å². The lowest BCUT2D eigenvalue weighted by Gasteiger charge is -2.06. The van der Waals surface area contributed by atoms with Crippen LogP contribution in [-0.2, 0) is 6.42 Å². The van der Waals surface area contributed by atoms with Gasteiger partial charge in [-0.3, -0.25) is 0 Å². The van der Waals surface area contributed by atoms with Crippen LogP contribution in [0.1, 0.15) is 16.7 Å². The van der Waals surface area contributed by atoms with Crippen molar-refractivity contribution < 1.29 is 0 Å². The number of hydrogen-bond acceptors (Lipinski definition) is 0. The lowest BCUT2D eigenvalue weighted by Crippen LogP contribution is -1.96. The maximum atomic E-state index is 2.74. The van der Waals surface area contributed by atoms with Crippen molar-refractivity contribution >= 4 is 14.5 Å². The predicted molar refractivity (Wildman–Crippen MR) is 69.8 cm³/mol. The molecule has 0 fully saturated rings. The summed E-state index contributed by atoms with van der Waals surface area (Å²) in [7, 11) is 2.74. The third-order valence-corrected chi connectivity index (χ3v) is 2.97. The van der Waals surface area contributed by atoms with E-state index in [9.17, 15) is 0 Å². The second kappa shape index (κ2) is 4.59. The number of aryl methyl sites for hydroxylation is 1. The fourth-order valence-corrected chi connectivity index (χ4v) is 2.06. The van der Waals surface area contributed by atoms with Gasteiger partial charge in [0.05, 0.1) is 0 Å². The topological polar surface area (TPSA) is 0 Å². The molecule has 1 heteroatoms. The molecule has 0 saturated heterocycles. The molecule has 0 spiro atoms. The molecule has 15 heavy (non-hydrogen) atoms. The summed E-state index contributed by atoms with van der Waals surface area (Å²) in [4.78, 5) is 0. The standard InChI is InChI=1S/C14H15P/c1-11-5-2-3-7-13(11)9-12-6-4-8-14(15)10-12/h2-8,10H,9,15H2,1H3. The van der Waals surface area contributed by atoms with Gasteiger partial charge in [-0.25, -0.2) is 0 Å². The van der Waals surface area contributed by atoms with E-state index in [1.54, 1.807) is 0 Å². The molecule has 2 rings (SSSR count). The second-order valence-corrected chi connectivity index (χ2v) is 4.51. The Morgan fingerprint density at radius 2 is 1.80 bits per heavy atom. The van der Waals surface area contributed by atoms with Crippen LogP contribution in [0.15, 0.2) is 48.5 Å². The summed E-state index contributed by atoms with van der Waals surface area (Å²) in [6.07, 6.45) is 1.02. The molecule has 1 atom stereocenters. The van der Waals surface area contributed by atoms with E-state index in [1.165, 1.54) is 22.0 Å². The van der Waals surface area contributed by atoms with Crippen LogP contribution in [-0.4, -0.2) is 0 Å². The van der Waals surface area contributed by atoms with Crippen molar-refractivity contribution in [2.75, 3.05) is 0 Å². The average Bonchev–Trinajstić information content (AvgIpc) is 2.22. The van der Waals surface area contributed by atoms with Crippen molar-refractivity contribution in [1.29, 1.82) is 0 Å². The van der Waals surface area contributed by atoms with Gasteiger partial charge in [0.25, 0.3) is 0 Å². The molecule has 76 valence electrons. The third-order valence-electron chi connectivity index (χ3n) is 2.61. The first kappa shape index (κ1) is 10.4. The van der Waals surface area contributed by atoms with E-state index in [1.807, 2.05) is 0 Å². The van der Waals surface area contributed by atoms with Crippen LogP contribution in [0.2, 0.25) is 0 Å². The molecule has 0 nitrogen and oxygen atoms in total. The predicted octanol–water partition coefficient (Wildman–Crippen LogP) is 3.09. The molecule has 2 aromatic carbocycles. The molecule has 0 aromatic heterocycles. The van der Waals surface area contributed by atoms with E-state index >= 15 is 0 Å². The van der Waals surface area contributed by atoms with E-state index in [2.05, 4.69) is 64.7 Å². The summed E-state index contributed by atoms with van der Waals surface area (Å²) < 4.78 is 0. The molecule has 0 amide bonds. The lowest BCUT2D eigenvalue weighted by molar-refractivity contribution is 1.16. The fraction of sp³-hybridized carbons (Fsp3) is 0.143. The SMILES string of the molecule is Cc1ccccc1Cc1cccc(P)c1. The van der Waals surface area contributed by atoms with E-state index < -0.39 is 0 Å². The van der Waals surface area contributed by atoms with Crippen molar-refractivity contribution in [2.45, 2.75) is 13.3 Å². The molecule has 0 aliphatic heterocycles. The summed E-state index contributed by atoms with van der Waals surface area (Å²) >= 11 is 0. The first-order valence-electron chi connectivity index (χ1n) is 5.14. The first-order valence-corrected chi connectivity index (χ1v) is 5.72. The number of rotatable bonds is 2. The smallest absolute Gasteiger partial charge is 0.00229 e. The van der Waals surface area contributed by atoms with Gasteiger partial charge in [0.1, 0.15) is 0 Å². The highest BCUT2D eigenvalue weighted by Gasteiger charge is 1.99. The third kappa shape index (κ3) is 2.67. The summed E-state index contributed by atoms with van der Waals surface area (Å²) in [6, 6.07) is 17.2. The molecule has 0 N–H and O–H groups in total. The van der Waals surface area contributed by atoms with Crippen LogP contribution >= 0.6 is 9.24 Å². The molecule has 0 aliphatic rings. The van der Waals surface area contributed by atoms with Crippen LogP contribution < -0.4 is 5.30 Å². The zero-order valence-corrected chi connectivity index (χ0v) is 10.1. The van der Waals surface area contributed by atoms with Crippen LogP contribution in [0.3, 0.4) is 0 Å². The Balaban J connectivity index is 2.26. The van der Waals surface area contributed by atoms with Gasteiger partial charge in [0.2, 0.25) is 0 Å². The van der Waals surface area contributed by atoms with Crippen molar-refractivity contribution in [1.82, 2.24) is 0 Å². The number of benzene rings is 2. The Morgan fingerprint density at radius 1 is 1.00 bits per heavy atom. The Morgan fingerprint density at radius 3 is 2.53 bits per heavy atom. The zero-order valence-electron chi connectivity index (χ0n) is 8.90. The van der Waals surface area contributed by atoms with E-state index in [-0.39, 0.29) is 0 Å². The van der Waals surface area contributed by atoms with Gasteiger partial charge in [-0.1, -0.05) is 48.5 Å². The molecule has 0 aliphatic carbocycles. The maximum absolute atomic E-state index is 2.74. The van der Waals surface area contributed by atoms with Gasteiger partial charge >= 0.3 is 0 Å². The highest BCUT2D eigenvalue weighted by molar-refractivity contribution is 7.27. The molecule has 0 saturated carbocycles. The highest BCUT2D eigenvalue weighted by Crippen LogP contribution is 2.13. The molecule has 0 heterocycles. The van der Waals surface area contributed by atoms with Gasteiger partial charge in [0.15, 0.2) is 0 Å².